The van der Waals surface area contributed by atoms with Gasteiger partial charge in [-0.15, -0.1) is 0 Å². The van der Waals surface area contributed by atoms with Crippen molar-refractivity contribution in [3.05, 3.63) is 24.2 Å². The lowest BCUT2D eigenvalue weighted by Gasteiger charge is -2.21. The van der Waals surface area contributed by atoms with Crippen LogP contribution in [0.3, 0.4) is 0 Å². The molecule has 0 fully saturated rings. The summed E-state index contributed by atoms with van der Waals surface area (Å²) in [5.74, 6) is 0.206. The molecule has 0 radical (unpaired) electrons. The molecule has 1 heterocycles. The summed E-state index contributed by atoms with van der Waals surface area (Å²) in [7, 11) is 0. The highest BCUT2D eigenvalue weighted by Crippen LogP contribution is 2.06. The van der Waals surface area contributed by atoms with Crippen LogP contribution < -0.4 is 10.6 Å². The van der Waals surface area contributed by atoms with Gasteiger partial charge in [0, 0.05) is 25.6 Å². The maximum Gasteiger partial charge on any atom is 0.286 e. The van der Waals surface area contributed by atoms with Crippen LogP contribution in [0, 0.1) is 5.92 Å². The van der Waals surface area contributed by atoms with Crippen LogP contribution in [-0.2, 0) is 4.79 Å². The average Bonchev–Trinajstić information content (AvgIpc) is 2.97. The first-order valence-corrected chi connectivity index (χ1v) is 7.26. The second kappa shape index (κ2) is 9.18. The van der Waals surface area contributed by atoms with Gasteiger partial charge in [-0.3, -0.25) is 9.59 Å². The topological polar surface area (TPSA) is 91.6 Å². The maximum atomic E-state index is 11.8. The lowest BCUT2D eigenvalue weighted by Crippen LogP contribution is -2.39. The highest BCUT2D eigenvalue weighted by atomic mass is 16.3. The van der Waals surface area contributed by atoms with E-state index in [0.717, 1.165) is 0 Å². The molecule has 1 unspecified atom stereocenters. The molecule has 0 aliphatic carbocycles. The van der Waals surface area contributed by atoms with E-state index in [1.165, 1.54) is 6.26 Å². The first-order valence-electron chi connectivity index (χ1n) is 7.26. The summed E-state index contributed by atoms with van der Waals surface area (Å²) in [6.07, 6.45) is 2.89. The molecule has 0 saturated heterocycles. The van der Waals surface area contributed by atoms with Crippen LogP contribution in [0.25, 0.3) is 0 Å². The van der Waals surface area contributed by atoms with Crippen LogP contribution in [0.5, 0.6) is 0 Å². The van der Waals surface area contributed by atoms with Gasteiger partial charge in [0.2, 0.25) is 5.91 Å². The van der Waals surface area contributed by atoms with Crippen molar-refractivity contribution in [3.8, 4) is 0 Å². The molecule has 0 spiro atoms. The smallest absolute Gasteiger partial charge is 0.286 e. The number of hydrogen-bond donors (Lipinski definition) is 3. The Bertz CT molecular complexity index is 429. The molecule has 0 saturated carbocycles. The quantitative estimate of drug-likeness (QED) is 0.599. The number of aliphatic hydroxyl groups excluding tert-OH is 1. The number of carbonyl (C=O) groups excluding carboxylic acids is 2. The summed E-state index contributed by atoms with van der Waals surface area (Å²) in [6, 6.07) is 3.22. The van der Waals surface area contributed by atoms with E-state index < -0.39 is 0 Å². The molecule has 118 valence electrons. The Morgan fingerprint density at radius 1 is 1.38 bits per heavy atom. The summed E-state index contributed by atoms with van der Waals surface area (Å²) in [5.41, 5.74) is 0. The van der Waals surface area contributed by atoms with E-state index in [0.29, 0.717) is 25.8 Å². The number of aliphatic hydroxyl groups is 1. The molecule has 2 amide bonds. The summed E-state index contributed by atoms with van der Waals surface area (Å²) >= 11 is 0. The standard InChI is InChI=1S/C15H24N2O4/c1-11(2)12(7-9-18)17-14(19)6-3-8-16-15(20)13-5-4-10-21-13/h4-5,10-12,18H,3,6-9H2,1-2H3,(H,16,20)(H,17,19). The molecule has 3 N–H and O–H groups in total. The number of nitrogens with one attached hydrogen (secondary N) is 2. The highest BCUT2D eigenvalue weighted by molar-refractivity contribution is 5.91. The van der Waals surface area contributed by atoms with Gasteiger partial charge < -0.3 is 20.2 Å². The molecule has 6 nitrogen and oxygen atoms in total. The minimum atomic E-state index is -0.277. The third-order valence-electron chi connectivity index (χ3n) is 3.20. The third-order valence-corrected chi connectivity index (χ3v) is 3.20. The van der Waals surface area contributed by atoms with Crippen molar-refractivity contribution in [2.75, 3.05) is 13.2 Å². The van der Waals surface area contributed by atoms with Crippen LogP contribution in [-0.4, -0.2) is 36.1 Å². The maximum absolute atomic E-state index is 11.8. The van der Waals surface area contributed by atoms with Crippen LogP contribution in [0.15, 0.2) is 22.8 Å². The van der Waals surface area contributed by atoms with Crippen molar-refractivity contribution in [2.45, 2.75) is 39.2 Å². The van der Waals surface area contributed by atoms with Gasteiger partial charge in [-0.1, -0.05) is 13.8 Å². The largest absolute Gasteiger partial charge is 0.459 e. The number of furan rings is 1. The predicted octanol–water partition coefficient (Wildman–Crippen LogP) is 1.31. The van der Waals surface area contributed by atoms with Gasteiger partial charge in [0.15, 0.2) is 5.76 Å². The summed E-state index contributed by atoms with van der Waals surface area (Å²) in [5, 5.41) is 14.5. The van der Waals surface area contributed by atoms with Gasteiger partial charge >= 0.3 is 0 Å². The normalized spacial score (nSPS) is 12.2. The highest BCUT2D eigenvalue weighted by Gasteiger charge is 2.15. The van der Waals surface area contributed by atoms with E-state index in [1.807, 2.05) is 13.8 Å². The van der Waals surface area contributed by atoms with Gasteiger partial charge in [-0.05, 0) is 30.9 Å². The molecule has 1 aromatic rings. The molecule has 0 aliphatic heterocycles. The SMILES string of the molecule is CC(C)C(CCO)NC(=O)CCCNC(=O)c1ccco1. The molecule has 6 heteroatoms. The van der Waals surface area contributed by atoms with E-state index >= 15 is 0 Å². The Kier molecular flexibility index (Phi) is 7.53. The second-order valence-corrected chi connectivity index (χ2v) is 5.27. The fourth-order valence-electron chi connectivity index (χ4n) is 1.94. The Labute approximate surface area is 124 Å². The number of hydrogen-bond acceptors (Lipinski definition) is 4. The Morgan fingerprint density at radius 2 is 2.14 bits per heavy atom. The van der Waals surface area contributed by atoms with Gasteiger partial charge in [0.05, 0.1) is 6.26 Å². The zero-order valence-corrected chi connectivity index (χ0v) is 12.6. The van der Waals surface area contributed by atoms with Gasteiger partial charge in [-0.2, -0.15) is 0 Å². The predicted molar refractivity (Wildman–Crippen MR) is 78.7 cm³/mol. The molecular weight excluding hydrogens is 272 g/mol. The van der Waals surface area contributed by atoms with Crippen LogP contribution in [0.1, 0.15) is 43.7 Å². The van der Waals surface area contributed by atoms with E-state index in [-0.39, 0.29) is 36.1 Å². The molecule has 0 aliphatic rings. The molecule has 0 bridgehead atoms. The number of rotatable bonds is 9. The lowest BCUT2D eigenvalue weighted by molar-refractivity contribution is -0.122. The summed E-state index contributed by atoms with van der Waals surface area (Å²) < 4.78 is 4.96. The molecular formula is C15H24N2O4. The van der Waals surface area contributed by atoms with Crippen molar-refractivity contribution in [2.24, 2.45) is 5.92 Å². The zero-order chi connectivity index (χ0) is 15.7. The van der Waals surface area contributed by atoms with Gasteiger partial charge in [0.1, 0.15) is 0 Å². The van der Waals surface area contributed by atoms with Crippen LogP contribution >= 0.6 is 0 Å². The van der Waals surface area contributed by atoms with E-state index in [4.69, 9.17) is 9.52 Å². The molecule has 1 aromatic heterocycles. The summed E-state index contributed by atoms with van der Waals surface area (Å²) in [4.78, 5) is 23.4. The molecule has 1 atom stereocenters. The van der Waals surface area contributed by atoms with Gasteiger partial charge in [0.25, 0.3) is 5.91 Å². The van der Waals surface area contributed by atoms with Gasteiger partial charge in [-0.25, -0.2) is 0 Å². The van der Waals surface area contributed by atoms with Crippen molar-refractivity contribution >= 4 is 11.8 Å². The van der Waals surface area contributed by atoms with Crippen molar-refractivity contribution in [1.82, 2.24) is 10.6 Å². The fraction of sp³-hybridized carbons (Fsp3) is 0.600. The van der Waals surface area contributed by atoms with E-state index in [1.54, 1.807) is 12.1 Å². The molecule has 0 aromatic carbocycles. The minimum absolute atomic E-state index is 0.0137. The van der Waals surface area contributed by atoms with Crippen molar-refractivity contribution in [1.29, 1.82) is 0 Å². The molecule has 1 rings (SSSR count). The first-order chi connectivity index (χ1) is 10.0. The first kappa shape index (κ1) is 17.2. The summed E-state index contributed by atoms with van der Waals surface area (Å²) in [6.45, 7) is 4.48. The van der Waals surface area contributed by atoms with Crippen molar-refractivity contribution < 1.29 is 19.1 Å². The number of amides is 2. The monoisotopic (exact) mass is 296 g/mol. The minimum Gasteiger partial charge on any atom is -0.459 e. The van der Waals surface area contributed by atoms with Crippen molar-refractivity contribution in [3.63, 3.8) is 0 Å². The average molecular weight is 296 g/mol. The zero-order valence-electron chi connectivity index (χ0n) is 12.6. The van der Waals surface area contributed by atoms with Crippen LogP contribution in [0.4, 0.5) is 0 Å². The third kappa shape index (κ3) is 6.44. The van der Waals surface area contributed by atoms with Crippen LogP contribution in [0.2, 0.25) is 0 Å². The Balaban J connectivity index is 2.19. The number of carbonyl (C=O) groups is 2. The lowest BCUT2D eigenvalue weighted by atomic mass is 10.0. The second-order valence-electron chi connectivity index (χ2n) is 5.27. The van der Waals surface area contributed by atoms with E-state index in [2.05, 4.69) is 10.6 Å². The Morgan fingerprint density at radius 3 is 2.71 bits per heavy atom. The van der Waals surface area contributed by atoms with E-state index in [9.17, 15) is 9.59 Å². The molecule has 21 heavy (non-hydrogen) atoms. The fourth-order valence-corrected chi connectivity index (χ4v) is 1.94. The Hall–Kier alpha value is -1.82.